The Labute approximate surface area is 127 Å². The number of esters is 1. The summed E-state index contributed by atoms with van der Waals surface area (Å²) in [5.74, 6) is -0.596. The molecule has 8 heteroatoms. The summed E-state index contributed by atoms with van der Waals surface area (Å²) in [4.78, 5) is 11.5. The van der Waals surface area contributed by atoms with Crippen LogP contribution in [0.25, 0.3) is 0 Å². The number of hydrogen-bond acceptors (Lipinski definition) is 5. The average molecular weight is 365 g/mol. The van der Waals surface area contributed by atoms with E-state index in [-0.39, 0.29) is 18.0 Å². The summed E-state index contributed by atoms with van der Waals surface area (Å²) in [7, 11) is -2.47. The van der Waals surface area contributed by atoms with Crippen molar-refractivity contribution in [1.29, 1.82) is 0 Å². The molecule has 0 saturated heterocycles. The van der Waals surface area contributed by atoms with Gasteiger partial charge in [0.1, 0.15) is 6.54 Å². The van der Waals surface area contributed by atoms with Crippen LogP contribution in [-0.2, 0) is 19.6 Å². The summed E-state index contributed by atoms with van der Waals surface area (Å²) in [6.45, 7) is 3.18. The van der Waals surface area contributed by atoms with E-state index in [0.29, 0.717) is 15.7 Å². The van der Waals surface area contributed by atoms with E-state index in [1.165, 1.54) is 13.1 Å². The summed E-state index contributed by atoms with van der Waals surface area (Å²) in [5.41, 5.74) is 6.58. The molecule has 0 aliphatic rings. The van der Waals surface area contributed by atoms with Gasteiger partial charge in [-0.1, -0.05) is 0 Å². The molecular formula is C12H17BrN2O4S. The van der Waals surface area contributed by atoms with Gasteiger partial charge in [0, 0.05) is 17.2 Å². The van der Waals surface area contributed by atoms with E-state index in [9.17, 15) is 13.2 Å². The highest BCUT2D eigenvalue weighted by atomic mass is 79.9. The summed E-state index contributed by atoms with van der Waals surface area (Å²) in [5, 5.41) is 0. The molecule has 0 saturated carbocycles. The summed E-state index contributed by atoms with van der Waals surface area (Å²) < 4.78 is 31.1. The van der Waals surface area contributed by atoms with Crippen molar-refractivity contribution in [3.63, 3.8) is 0 Å². The van der Waals surface area contributed by atoms with Gasteiger partial charge < -0.3 is 10.5 Å². The second-order valence-electron chi connectivity index (χ2n) is 4.21. The van der Waals surface area contributed by atoms with E-state index in [1.807, 2.05) is 0 Å². The number of rotatable bonds is 5. The molecule has 0 bridgehead atoms. The number of nitrogens with zero attached hydrogens (tertiary/aromatic N) is 1. The van der Waals surface area contributed by atoms with Gasteiger partial charge in [0.2, 0.25) is 10.0 Å². The lowest BCUT2D eigenvalue weighted by Gasteiger charge is -2.18. The first-order valence-corrected chi connectivity index (χ1v) is 8.11. The maximum absolute atomic E-state index is 12.4. The molecule has 0 amide bonds. The smallest absolute Gasteiger partial charge is 0.321 e. The number of benzene rings is 1. The molecule has 112 valence electrons. The molecule has 1 aromatic carbocycles. The van der Waals surface area contributed by atoms with Crippen molar-refractivity contribution in [3.05, 3.63) is 22.2 Å². The van der Waals surface area contributed by atoms with Gasteiger partial charge in [-0.2, -0.15) is 4.31 Å². The third kappa shape index (κ3) is 3.71. The maximum Gasteiger partial charge on any atom is 0.321 e. The van der Waals surface area contributed by atoms with Crippen molar-refractivity contribution in [3.8, 4) is 0 Å². The Morgan fingerprint density at radius 2 is 2.05 bits per heavy atom. The number of ether oxygens (including phenoxy) is 1. The first kappa shape index (κ1) is 16.9. The molecule has 0 radical (unpaired) electrons. The van der Waals surface area contributed by atoms with Crippen LogP contribution in [0, 0.1) is 6.92 Å². The van der Waals surface area contributed by atoms with Crippen LogP contribution in [0.3, 0.4) is 0 Å². The predicted octanol–water partition coefficient (Wildman–Crippen LogP) is 1.52. The molecule has 0 heterocycles. The first-order valence-electron chi connectivity index (χ1n) is 5.87. The summed E-state index contributed by atoms with van der Waals surface area (Å²) in [6.07, 6.45) is 0. The third-order valence-corrected chi connectivity index (χ3v) is 5.27. The van der Waals surface area contributed by atoms with Crippen LogP contribution in [0.15, 0.2) is 21.5 Å². The van der Waals surface area contributed by atoms with E-state index >= 15 is 0 Å². The average Bonchev–Trinajstić information content (AvgIpc) is 2.33. The number of carbonyl (C=O) groups is 1. The molecule has 0 aliphatic carbocycles. The molecular weight excluding hydrogens is 348 g/mol. The van der Waals surface area contributed by atoms with E-state index in [0.717, 1.165) is 4.31 Å². The number of halogens is 1. The molecule has 1 aromatic rings. The fourth-order valence-electron chi connectivity index (χ4n) is 1.59. The third-order valence-electron chi connectivity index (χ3n) is 2.64. The normalized spacial score (nSPS) is 11.7. The van der Waals surface area contributed by atoms with Crippen LogP contribution in [0.2, 0.25) is 0 Å². The quantitative estimate of drug-likeness (QED) is 0.631. The minimum Gasteiger partial charge on any atom is -0.465 e. The molecule has 0 atom stereocenters. The van der Waals surface area contributed by atoms with Crippen LogP contribution in [0.4, 0.5) is 5.69 Å². The highest BCUT2D eigenvalue weighted by Crippen LogP contribution is 2.28. The maximum atomic E-state index is 12.4. The second-order valence-corrected chi connectivity index (χ2v) is 7.07. The van der Waals surface area contributed by atoms with Crippen molar-refractivity contribution in [2.45, 2.75) is 18.7 Å². The fraction of sp³-hybridized carbons (Fsp3) is 0.417. The fourth-order valence-corrected chi connectivity index (χ4v) is 3.40. The van der Waals surface area contributed by atoms with E-state index in [2.05, 4.69) is 15.9 Å². The lowest BCUT2D eigenvalue weighted by molar-refractivity contribution is -0.143. The van der Waals surface area contributed by atoms with Crippen LogP contribution in [0.1, 0.15) is 12.5 Å². The van der Waals surface area contributed by atoms with Crippen LogP contribution in [0.5, 0.6) is 0 Å². The highest BCUT2D eigenvalue weighted by molar-refractivity contribution is 9.10. The molecule has 2 N–H and O–H groups in total. The van der Waals surface area contributed by atoms with Crippen molar-refractivity contribution >= 4 is 37.6 Å². The number of aryl methyl sites for hydroxylation is 1. The Balaban J connectivity index is 3.11. The Hall–Kier alpha value is -1.12. The van der Waals surface area contributed by atoms with Gasteiger partial charge in [0.15, 0.2) is 0 Å². The monoisotopic (exact) mass is 364 g/mol. The van der Waals surface area contributed by atoms with E-state index in [1.54, 1.807) is 19.9 Å². The highest BCUT2D eigenvalue weighted by Gasteiger charge is 2.25. The minimum atomic E-state index is -3.79. The molecule has 6 nitrogen and oxygen atoms in total. The molecule has 0 spiro atoms. The number of likely N-dealkylation sites (N-methyl/N-ethyl adjacent to an activating group) is 1. The lowest BCUT2D eigenvalue weighted by Crippen LogP contribution is -2.33. The van der Waals surface area contributed by atoms with Crippen molar-refractivity contribution in [2.24, 2.45) is 0 Å². The molecule has 20 heavy (non-hydrogen) atoms. The molecule has 0 aromatic heterocycles. The zero-order valence-electron chi connectivity index (χ0n) is 11.5. The van der Waals surface area contributed by atoms with E-state index in [4.69, 9.17) is 10.5 Å². The van der Waals surface area contributed by atoms with Crippen LogP contribution in [-0.4, -0.2) is 38.9 Å². The van der Waals surface area contributed by atoms with Gasteiger partial charge >= 0.3 is 5.97 Å². The van der Waals surface area contributed by atoms with Crippen molar-refractivity contribution in [2.75, 3.05) is 25.9 Å². The largest absolute Gasteiger partial charge is 0.465 e. The van der Waals surface area contributed by atoms with Crippen molar-refractivity contribution < 1.29 is 17.9 Å². The standard InChI is InChI=1S/C12H17BrN2O4S/c1-4-19-12(16)7-15(3)20(17,18)11-6-10(14)9(13)5-8(11)2/h5-6H,4,7,14H2,1-3H3. The Bertz CT molecular complexity index is 616. The van der Waals surface area contributed by atoms with Crippen molar-refractivity contribution in [1.82, 2.24) is 4.31 Å². The van der Waals surface area contributed by atoms with Gasteiger partial charge in [-0.3, -0.25) is 4.79 Å². The second kappa shape index (κ2) is 6.55. The van der Waals surface area contributed by atoms with Crippen LogP contribution < -0.4 is 5.73 Å². The molecule has 0 aliphatic heterocycles. The SMILES string of the molecule is CCOC(=O)CN(C)S(=O)(=O)c1cc(N)c(Br)cc1C. The van der Waals surface area contributed by atoms with Crippen LogP contribution >= 0.6 is 15.9 Å². The Morgan fingerprint density at radius 3 is 2.60 bits per heavy atom. The molecule has 0 fully saturated rings. The van der Waals surface area contributed by atoms with Gasteiger partial charge in [-0.15, -0.1) is 0 Å². The number of nitrogens with two attached hydrogens (primary N) is 1. The van der Waals surface area contributed by atoms with Gasteiger partial charge in [0.25, 0.3) is 0 Å². The predicted molar refractivity (Wildman–Crippen MR) is 79.7 cm³/mol. The van der Waals surface area contributed by atoms with Gasteiger partial charge in [-0.05, 0) is 47.5 Å². The van der Waals surface area contributed by atoms with Gasteiger partial charge in [0.05, 0.1) is 11.5 Å². The zero-order chi connectivity index (χ0) is 15.5. The first-order chi connectivity index (χ1) is 9.20. The number of anilines is 1. The minimum absolute atomic E-state index is 0.0741. The summed E-state index contributed by atoms with van der Waals surface area (Å²) >= 11 is 3.24. The number of nitrogen functional groups attached to an aromatic ring is 1. The number of sulfonamides is 1. The topological polar surface area (TPSA) is 89.7 Å². The lowest BCUT2D eigenvalue weighted by atomic mass is 10.2. The Morgan fingerprint density at radius 1 is 1.45 bits per heavy atom. The molecule has 1 rings (SSSR count). The Kier molecular flexibility index (Phi) is 5.55. The number of hydrogen-bond donors (Lipinski definition) is 1. The van der Waals surface area contributed by atoms with Gasteiger partial charge in [-0.25, -0.2) is 8.42 Å². The number of carbonyl (C=O) groups excluding carboxylic acids is 1. The molecule has 0 unspecified atom stereocenters. The van der Waals surface area contributed by atoms with E-state index < -0.39 is 16.0 Å². The zero-order valence-corrected chi connectivity index (χ0v) is 13.9. The summed E-state index contributed by atoms with van der Waals surface area (Å²) in [6, 6.07) is 3.00.